The van der Waals surface area contributed by atoms with Crippen LogP contribution in [0.5, 0.6) is 0 Å². The van der Waals surface area contributed by atoms with Gasteiger partial charge in [0, 0.05) is 0 Å². The molecule has 0 atom stereocenters. The second-order valence-electron chi connectivity index (χ2n) is 1.31. The number of phosphoric acid groups is 2. The molecular weight excluding hydrogens is 366 g/mol. The van der Waals surface area contributed by atoms with Gasteiger partial charge in [0.1, 0.15) is 0 Å². The van der Waals surface area contributed by atoms with Gasteiger partial charge in [-0.2, -0.15) is 0 Å². The van der Waals surface area contributed by atoms with Crippen LogP contribution in [0.2, 0.25) is 0 Å². The fourth-order valence-electron chi connectivity index (χ4n) is 0. The van der Waals surface area contributed by atoms with Crippen LogP contribution in [0.1, 0.15) is 0 Å². The summed E-state index contributed by atoms with van der Waals surface area (Å²) < 4.78 is 17.4. The first-order valence-electron chi connectivity index (χ1n) is 2.29. The summed E-state index contributed by atoms with van der Waals surface area (Å²) in [7, 11) is -12.2. The van der Waals surface area contributed by atoms with Crippen molar-refractivity contribution in [2.24, 2.45) is 0 Å². The first-order valence-corrected chi connectivity index (χ1v) is 5.31. The second kappa shape index (κ2) is 21.1. The molecule has 0 aromatic heterocycles. The fraction of sp³-hybridized carbons (Fsp3) is 0. The molecule has 6 N–H and O–H groups in total. The van der Waals surface area contributed by atoms with Gasteiger partial charge in [-0.25, -0.2) is 0 Å². The molecule has 0 unspecified atom stereocenters. The van der Waals surface area contributed by atoms with Gasteiger partial charge in [0.05, 0.1) is 7.82 Å². The van der Waals surface area contributed by atoms with Crippen LogP contribution < -0.4 is 169 Å². The molecule has 17 heavy (non-hydrogen) atoms. The molecule has 0 rings (SSSR count). The van der Waals surface area contributed by atoms with Crippen LogP contribution in [0.4, 0.5) is 0 Å². The minimum atomic E-state index is -5.14. The first kappa shape index (κ1) is 37.9. The average molecular weight is 372 g/mol. The molecule has 0 aliphatic carbocycles. The summed E-state index contributed by atoms with van der Waals surface area (Å²) >= 11 is 0. The SMILES string of the molecule is O=P([O-])(O)O.O=P([O-])([O-])O.OB(O)O.[K+].[K+].[K+]. The van der Waals surface area contributed by atoms with Crippen LogP contribution >= 0.6 is 15.6 Å². The molecule has 0 aliphatic heterocycles. The van der Waals surface area contributed by atoms with Gasteiger partial charge in [0.25, 0.3) is 7.82 Å². The molecular formula is H6BK3O11P2. The second-order valence-corrected chi connectivity index (χ2v) is 3.22. The molecule has 0 aromatic carbocycles. The molecule has 88 valence electrons. The van der Waals surface area contributed by atoms with E-state index in [-0.39, 0.29) is 154 Å². The summed E-state index contributed by atoms with van der Waals surface area (Å²) in [6.45, 7) is 0. The Bertz CT molecular complexity index is 167. The predicted octanol–water partition coefficient (Wildman–Crippen LogP) is -14.8. The largest absolute Gasteiger partial charge is 1.00 e. The molecule has 0 fully saturated rings. The Kier molecular flexibility index (Phi) is 47.0. The van der Waals surface area contributed by atoms with Crippen LogP contribution in [0.15, 0.2) is 0 Å². The zero-order valence-electron chi connectivity index (χ0n) is 9.20. The minimum absolute atomic E-state index is 0. The summed E-state index contributed by atoms with van der Waals surface area (Å²) in [4.78, 5) is 47.2. The molecule has 0 radical (unpaired) electrons. The molecule has 0 amide bonds. The van der Waals surface area contributed by atoms with Crippen molar-refractivity contribution in [1.29, 1.82) is 0 Å². The predicted molar refractivity (Wildman–Crippen MR) is 34.3 cm³/mol. The van der Waals surface area contributed by atoms with Gasteiger partial charge >= 0.3 is 161 Å². The molecule has 0 bridgehead atoms. The van der Waals surface area contributed by atoms with Crippen LogP contribution in [-0.2, 0) is 9.13 Å². The third-order valence-corrected chi connectivity index (χ3v) is 0. The van der Waals surface area contributed by atoms with Crippen molar-refractivity contribution in [3.8, 4) is 0 Å². The van der Waals surface area contributed by atoms with E-state index in [0.717, 1.165) is 0 Å². The van der Waals surface area contributed by atoms with E-state index in [4.69, 9.17) is 53.6 Å². The van der Waals surface area contributed by atoms with Gasteiger partial charge < -0.3 is 49.0 Å². The van der Waals surface area contributed by atoms with Crippen molar-refractivity contribution in [1.82, 2.24) is 0 Å². The molecule has 17 heteroatoms. The topological polar surface area (TPSA) is 225 Å². The Hall–Kier alpha value is 5.07. The Balaban J connectivity index is -0.0000000247. The van der Waals surface area contributed by atoms with E-state index in [1.807, 2.05) is 0 Å². The Labute approximate surface area is 224 Å². The third kappa shape index (κ3) is 298. The van der Waals surface area contributed by atoms with Crippen molar-refractivity contribution in [2.45, 2.75) is 0 Å². The van der Waals surface area contributed by atoms with Gasteiger partial charge in [-0.15, -0.1) is 0 Å². The fourth-order valence-corrected chi connectivity index (χ4v) is 0. The monoisotopic (exact) mass is 372 g/mol. The molecule has 0 spiro atoms. The normalized spacial score (nSPS) is 8.53. The van der Waals surface area contributed by atoms with E-state index in [1.165, 1.54) is 0 Å². The van der Waals surface area contributed by atoms with E-state index in [0.29, 0.717) is 0 Å². The van der Waals surface area contributed by atoms with Crippen molar-refractivity contribution in [3.63, 3.8) is 0 Å². The molecule has 0 saturated heterocycles. The van der Waals surface area contributed by atoms with Crippen molar-refractivity contribution >= 4 is 23.0 Å². The number of rotatable bonds is 0. The smallest absolute Gasteiger partial charge is 0.790 e. The molecule has 0 heterocycles. The van der Waals surface area contributed by atoms with Crippen LogP contribution in [0.25, 0.3) is 0 Å². The molecule has 0 aromatic rings. The maximum atomic E-state index is 8.77. The number of hydrogen-bond donors (Lipinski definition) is 6. The van der Waals surface area contributed by atoms with Gasteiger partial charge in [0.15, 0.2) is 0 Å². The van der Waals surface area contributed by atoms with E-state index in [2.05, 4.69) is 0 Å². The van der Waals surface area contributed by atoms with E-state index in [1.54, 1.807) is 0 Å². The zero-order chi connectivity index (χ0) is 12.6. The van der Waals surface area contributed by atoms with Gasteiger partial charge in [0.2, 0.25) is 0 Å². The van der Waals surface area contributed by atoms with Gasteiger partial charge in [-0.3, -0.25) is 4.57 Å². The average Bonchev–Trinajstić information content (AvgIpc) is 1.45. The summed E-state index contributed by atoms with van der Waals surface area (Å²) in [5.41, 5.74) is 0. The van der Waals surface area contributed by atoms with E-state index in [9.17, 15) is 0 Å². The Morgan fingerprint density at radius 1 is 0.765 bits per heavy atom. The van der Waals surface area contributed by atoms with Crippen LogP contribution in [0.3, 0.4) is 0 Å². The standard InChI is InChI=1S/BH3O3.3K.2H3O4P/c2-1(3)4;;;;2*1-5(2,3)4/h2-4H;;;;2*(H3,1,2,3,4)/q;3*+1;;/p-3. The minimum Gasteiger partial charge on any atom is -0.790 e. The zero-order valence-corrected chi connectivity index (χ0v) is 20.4. The maximum Gasteiger partial charge on any atom is 1.00 e. The van der Waals surface area contributed by atoms with Crippen LogP contribution in [-0.4, -0.2) is 37.1 Å². The molecule has 0 aliphatic rings. The van der Waals surface area contributed by atoms with Crippen LogP contribution in [0, 0.1) is 0 Å². The third-order valence-electron chi connectivity index (χ3n) is 0. The summed E-state index contributed by atoms with van der Waals surface area (Å²) in [5, 5.41) is 21.5. The van der Waals surface area contributed by atoms with E-state index >= 15 is 0 Å². The number of hydrogen-bond acceptors (Lipinski definition) is 8. The molecule has 11 nitrogen and oxygen atoms in total. The summed E-state index contributed by atoms with van der Waals surface area (Å²) in [6.07, 6.45) is 0. The maximum absolute atomic E-state index is 8.77. The van der Waals surface area contributed by atoms with Gasteiger partial charge in [-0.05, 0) is 0 Å². The molecule has 0 saturated carbocycles. The van der Waals surface area contributed by atoms with Gasteiger partial charge in [-0.1, -0.05) is 0 Å². The van der Waals surface area contributed by atoms with Crippen molar-refractivity contribution in [2.75, 3.05) is 0 Å². The van der Waals surface area contributed by atoms with Crippen molar-refractivity contribution < 1.29 is 208 Å². The quantitative estimate of drug-likeness (QED) is 0.173. The Morgan fingerprint density at radius 2 is 0.765 bits per heavy atom. The Morgan fingerprint density at radius 3 is 0.765 bits per heavy atom. The van der Waals surface area contributed by atoms with Crippen molar-refractivity contribution in [3.05, 3.63) is 0 Å². The summed E-state index contributed by atoms with van der Waals surface area (Å²) in [5.74, 6) is 0. The van der Waals surface area contributed by atoms with E-state index < -0.39 is 23.0 Å². The first-order chi connectivity index (χ1) is 5.73. The summed E-state index contributed by atoms with van der Waals surface area (Å²) in [6, 6.07) is 0.